The zero-order valence-electron chi connectivity index (χ0n) is 16.4. The Morgan fingerprint density at radius 1 is 0.621 bits per heavy atom. The van der Waals surface area contributed by atoms with Crippen molar-refractivity contribution < 1.29 is 9.59 Å². The van der Waals surface area contributed by atoms with Crippen LogP contribution >= 0.6 is 0 Å². The minimum atomic E-state index is -0.320. The topological polar surface area (TPSA) is 37.4 Å². The Kier molecular flexibility index (Phi) is 3.27. The number of rotatable bonds is 1. The summed E-state index contributed by atoms with van der Waals surface area (Å²) in [5.74, 6) is -0.849. The van der Waals surface area contributed by atoms with Gasteiger partial charge in [-0.1, -0.05) is 54.6 Å². The van der Waals surface area contributed by atoms with Gasteiger partial charge in [0.15, 0.2) is 0 Å². The third-order valence-corrected chi connectivity index (χ3v) is 7.20. The number of anilines is 1. The van der Waals surface area contributed by atoms with Crippen molar-refractivity contribution in [2.45, 2.75) is 25.7 Å². The van der Waals surface area contributed by atoms with Crippen LogP contribution in [0.25, 0.3) is 0 Å². The van der Waals surface area contributed by atoms with Gasteiger partial charge >= 0.3 is 0 Å². The number of imide groups is 1. The van der Waals surface area contributed by atoms with Crippen molar-refractivity contribution in [1.82, 2.24) is 0 Å². The highest BCUT2D eigenvalue weighted by atomic mass is 16.2. The summed E-state index contributed by atoms with van der Waals surface area (Å²) in [4.78, 5) is 28.8. The van der Waals surface area contributed by atoms with Gasteiger partial charge in [0.25, 0.3) is 0 Å². The average Bonchev–Trinajstić information content (AvgIpc) is 3.01. The lowest BCUT2D eigenvalue weighted by atomic mass is 9.55. The first kappa shape index (κ1) is 16.7. The lowest BCUT2D eigenvalue weighted by Crippen LogP contribution is -2.41. The minimum absolute atomic E-state index is 0.0506. The molecule has 2 unspecified atom stereocenters. The Hall–Kier alpha value is -3.20. The number of hydrogen-bond acceptors (Lipinski definition) is 2. The highest BCUT2D eigenvalue weighted by Gasteiger charge is 2.61. The van der Waals surface area contributed by atoms with E-state index in [1.807, 2.05) is 56.3 Å². The standard InChI is InChI=1S/C26H21NO2/c1-14-11-12-16(13-15(14)2)27-25(28)23-21-17-7-3-4-8-18(17)22(24(23)26(27)29)20-10-6-5-9-19(20)21/h3-13,21-24H,1-2H3. The molecule has 0 saturated carbocycles. The first-order valence-corrected chi connectivity index (χ1v) is 10.2. The van der Waals surface area contributed by atoms with Crippen molar-refractivity contribution in [3.8, 4) is 0 Å². The van der Waals surface area contributed by atoms with E-state index in [2.05, 4.69) is 24.3 Å². The van der Waals surface area contributed by atoms with Crippen LogP contribution in [0.15, 0.2) is 66.7 Å². The maximum Gasteiger partial charge on any atom is 0.238 e. The predicted octanol–water partition coefficient (Wildman–Crippen LogP) is 4.70. The first-order valence-electron chi connectivity index (χ1n) is 10.2. The maximum absolute atomic E-state index is 13.7. The molecule has 2 bridgehead atoms. The van der Waals surface area contributed by atoms with Crippen molar-refractivity contribution in [2.24, 2.45) is 11.8 Å². The third kappa shape index (κ3) is 2.02. The number of amides is 2. The fourth-order valence-electron chi connectivity index (χ4n) is 5.80. The van der Waals surface area contributed by atoms with Crippen LogP contribution in [-0.2, 0) is 9.59 Å². The molecule has 1 fully saturated rings. The molecule has 3 nitrogen and oxygen atoms in total. The van der Waals surface area contributed by atoms with Crippen molar-refractivity contribution in [1.29, 1.82) is 0 Å². The minimum Gasteiger partial charge on any atom is -0.274 e. The zero-order chi connectivity index (χ0) is 19.9. The van der Waals surface area contributed by atoms with Gasteiger partial charge in [0.1, 0.15) is 0 Å². The molecular weight excluding hydrogens is 358 g/mol. The van der Waals surface area contributed by atoms with Gasteiger partial charge < -0.3 is 0 Å². The summed E-state index contributed by atoms with van der Waals surface area (Å²) in [6.07, 6.45) is 0. The molecule has 29 heavy (non-hydrogen) atoms. The van der Waals surface area contributed by atoms with Gasteiger partial charge in [-0.05, 0) is 59.4 Å². The SMILES string of the molecule is Cc1ccc(N2C(=O)C3C4c5ccccc5C(c5ccccc54)C3C2=O)cc1C. The van der Waals surface area contributed by atoms with E-state index in [4.69, 9.17) is 0 Å². The largest absolute Gasteiger partial charge is 0.274 e. The second-order valence-corrected chi connectivity index (χ2v) is 8.55. The van der Waals surface area contributed by atoms with Gasteiger partial charge in [-0.2, -0.15) is 0 Å². The molecule has 3 aromatic carbocycles. The smallest absolute Gasteiger partial charge is 0.238 e. The van der Waals surface area contributed by atoms with Crippen molar-refractivity contribution in [2.75, 3.05) is 4.90 Å². The summed E-state index contributed by atoms with van der Waals surface area (Å²) in [6, 6.07) is 22.6. The first-order chi connectivity index (χ1) is 14.1. The van der Waals surface area contributed by atoms with Gasteiger partial charge in [0.05, 0.1) is 17.5 Å². The van der Waals surface area contributed by atoms with E-state index in [1.54, 1.807) is 0 Å². The summed E-state index contributed by atoms with van der Waals surface area (Å²) in [7, 11) is 0. The van der Waals surface area contributed by atoms with Crippen LogP contribution in [-0.4, -0.2) is 11.8 Å². The van der Waals surface area contributed by atoms with Gasteiger partial charge in [-0.3, -0.25) is 9.59 Å². The van der Waals surface area contributed by atoms with Crippen molar-refractivity contribution in [3.05, 3.63) is 100 Å². The van der Waals surface area contributed by atoms with E-state index in [0.717, 1.165) is 11.1 Å². The van der Waals surface area contributed by atoms with Gasteiger partial charge in [0, 0.05) is 11.8 Å². The Labute approximate surface area is 170 Å². The lowest BCUT2D eigenvalue weighted by molar-refractivity contribution is -0.122. The molecule has 0 aromatic heterocycles. The monoisotopic (exact) mass is 379 g/mol. The number of nitrogens with zero attached hydrogens (tertiary/aromatic N) is 1. The number of hydrogen-bond donors (Lipinski definition) is 0. The molecule has 7 rings (SSSR count). The summed E-state index contributed by atoms with van der Waals surface area (Å²) >= 11 is 0. The van der Waals surface area contributed by atoms with Crippen LogP contribution in [0.2, 0.25) is 0 Å². The van der Waals surface area contributed by atoms with Crippen molar-refractivity contribution >= 4 is 17.5 Å². The second-order valence-electron chi connectivity index (χ2n) is 8.55. The van der Waals surface area contributed by atoms with Crippen LogP contribution in [0.3, 0.4) is 0 Å². The summed E-state index contributed by atoms with van der Waals surface area (Å²) < 4.78 is 0. The normalized spacial score (nSPS) is 26.3. The second kappa shape index (κ2) is 5.66. The summed E-state index contributed by atoms with van der Waals surface area (Å²) in [5.41, 5.74) is 7.78. The molecule has 3 aliphatic carbocycles. The number of carbonyl (C=O) groups is 2. The third-order valence-electron chi connectivity index (χ3n) is 7.20. The van der Waals surface area contributed by atoms with Gasteiger partial charge in [-0.15, -0.1) is 0 Å². The lowest BCUT2D eigenvalue weighted by Gasteiger charge is -2.45. The predicted molar refractivity (Wildman–Crippen MR) is 112 cm³/mol. The molecule has 142 valence electrons. The van der Waals surface area contributed by atoms with E-state index in [0.29, 0.717) is 5.69 Å². The highest BCUT2D eigenvalue weighted by Crippen LogP contribution is 2.61. The van der Waals surface area contributed by atoms with Gasteiger partial charge in [-0.25, -0.2) is 4.90 Å². The Bertz CT molecular complexity index is 1100. The van der Waals surface area contributed by atoms with Crippen LogP contribution in [0, 0.1) is 25.7 Å². The molecule has 0 N–H and O–H groups in total. The van der Waals surface area contributed by atoms with Crippen LogP contribution < -0.4 is 4.90 Å². The van der Waals surface area contributed by atoms with Gasteiger partial charge in [0.2, 0.25) is 11.8 Å². The Balaban J connectivity index is 1.56. The Morgan fingerprint density at radius 2 is 1.07 bits per heavy atom. The van der Waals surface area contributed by atoms with E-state index < -0.39 is 0 Å². The van der Waals surface area contributed by atoms with Crippen LogP contribution in [0.1, 0.15) is 45.2 Å². The van der Waals surface area contributed by atoms with E-state index in [9.17, 15) is 9.59 Å². The average molecular weight is 379 g/mol. The van der Waals surface area contributed by atoms with Crippen LogP contribution in [0.4, 0.5) is 5.69 Å². The number of carbonyl (C=O) groups excluding carboxylic acids is 2. The molecule has 2 atom stereocenters. The van der Waals surface area contributed by atoms with Crippen molar-refractivity contribution in [3.63, 3.8) is 0 Å². The van der Waals surface area contributed by atoms with E-state index in [-0.39, 0.29) is 35.5 Å². The molecule has 1 saturated heterocycles. The fourth-order valence-corrected chi connectivity index (χ4v) is 5.80. The summed E-state index contributed by atoms with van der Waals surface area (Å²) in [5, 5.41) is 0. The fraction of sp³-hybridized carbons (Fsp3) is 0.231. The Morgan fingerprint density at radius 3 is 1.48 bits per heavy atom. The molecular formula is C26H21NO2. The number of benzene rings is 3. The summed E-state index contributed by atoms with van der Waals surface area (Å²) in [6.45, 7) is 4.06. The molecule has 2 amide bonds. The quantitative estimate of drug-likeness (QED) is 0.575. The molecule has 0 spiro atoms. The van der Waals surface area contributed by atoms with E-state index in [1.165, 1.54) is 27.2 Å². The molecule has 1 aliphatic heterocycles. The van der Waals surface area contributed by atoms with Crippen LogP contribution in [0.5, 0.6) is 0 Å². The molecule has 1 heterocycles. The maximum atomic E-state index is 13.7. The zero-order valence-corrected chi connectivity index (χ0v) is 16.4. The van der Waals surface area contributed by atoms with E-state index >= 15 is 0 Å². The molecule has 0 radical (unpaired) electrons. The molecule has 4 aliphatic rings. The molecule has 3 aromatic rings. The highest BCUT2D eigenvalue weighted by molar-refractivity contribution is 6.23. The molecule has 3 heteroatoms. The number of aryl methyl sites for hydroxylation is 2.